The zero-order valence-electron chi connectivity index (χ0n) is 11.6. The van der Waals surface area contributed by atoms with E-state index in [1.807, 2.05) is 0 Å². The molecule has 1 unspecified atom stereocenters. The molecule has 0 saturated carbocycles. The molecule has 0 aromatic heterocycles. The first-order valence-electron chi connectivity index (χ1n) is 6.30. The molecule has 1 rings (SSSR count). The molecule has 0 heterocycles. The summed E-state index contributed by atoms with van der Waals surface area (Å²) < 4.78 is 35.6. The standard InChI is InChI=1S/C14H19F2NO3/c1-19-6-5-17-11(9-14(18)20-2)7-10-3-4-12(15)13(16)8-10/h3-4,8,11,17H,5-7,9H2,1-2H3. The summed E-state index contributed by atoms with van der Waals surface area (Å²) in [4.78, 5) is 11.3. The van der Waals surface area contributed by atoms with E-state index in [1.54, 1.807) is 7.11 Å². The Hall–Kier alpha value is -1.53. The zero-order valence-corrected chi connectivity index (χ0v) is 11.6. The fraction of sp³-hybridized carbons (Fsp3) is 0.500. The van der Waals surface area contributed by atoms with Gasteiger partial charge in [0.1, 0.15) is 0 Å². The third kappa shape index (κ3) is 5.63. The highest BCUT2D eigenvalue weighted by molar-refractivity contribution is 5.70. The number of carbonyl (C=O) groups is 1. The molecule has 1 atom stereocenters. The molecule has 4 nitrogen and oxygen atoms in total. The largest absolute Gasteiger partial charge is 0.469 e. The minimum Gasteiger partial charge on any atom is -0.469 e. The Morgan fingerprint density at radius 3 is 2.65 bits per heavy atom. The molecule has 1 aromatic rings. The van der Waals surface area contributed by atoms with Crippen LogP contribution in [0.15, 0.2) is 18.2 Å². The third-order valence-electron chi connectivity index (χ3n) is 2.85. The van der Waals surface area contributed by atoms with Gasteiger partial charge < -0.3 is 14.8 Å². The predicted molar refractivity (Wildman–Crippen MR) is 70.4 cm³/mol. The van der Waals surface area contributed by atoms with Crippen molar-refractivity contribution in [2.24, 2.45) is 0 Å². The predicted octanol–water partition coefficient (Wildman–Crippen LogP) is 1.67. The molecule has 0 saturated heterocycles. The molecule has 1 N–H and O–H groups in total. The molecule has 1 aromatic carbocycles. The fourth-order valence-corrected chi connectivity index (χ4v) is 1.82. The lowest BCUT2D eigenvalue weighted by Gasteiger charge is -2.17. The number of halogens is 2. The van der Waals surface area contributed by atoms with Crippen LogP contribution in [0.1, 0.15) is 12.0 Å². The summed E-state index contributed by atoms with van der Waals surface area (Å²) in [7, 11) is 2.89. The van der Waals surface area contributed by atoms with Crippen LogP contribution in [0, 0.1) is 11.6 Å². The van der Waals surface area contributed by atoms with Crippen molar-refractivity contribution in [1.29, 1.82) is 0 Å². The second kappa shape index (κ2) is 8.60. The van der Waals surface area contributed by atoms with Crippen LogP contribution >= 0.6 is 0 Å². The van der Waals surface area contributed by atoms with Crippen molar-refractivity contribution in [3.63, 3.8) is 0 Å². The minimum absolute atomic E-state index is 0.152. The Kier molecular flexibility index (Phi) is 7.11. The first-order valence-corrected chi connectivity index (χ1v) is 6.30. The van der Waals surface area contributed by atoms with E-state index in [2.05, 4.69) is 10.1 Å². The van der Waals surface area contributed by atoms with Crippen LogP contribution in [0.5, 0.6) is 0 Å². The SMILES string of the molecule is COCCNC(CC(=O)OC)Cc1ccc(F)c(F)c1. The normalized spacial score (nSPS) is 12.2. The lowest BCUT2D eigenvalue weighted by atomic mass is 10.0. The van der Waals surface area contributed by atoms with Crippen molar-refractivity contribution in [3.8, 4) is 0 Å². The van der Waals surface area contributed by atoms with E-state index in [4.69, 9.17) is 4.74 Å². The number of ether oxygens (including phenoxy) is 2. The van der Waals surface area contributed by atoms with Gasteiger partial charge in [-0.15, -0.1) is 0 Å². The third-order valence-corrected chi connectivity index (χ3v) is 2.85. The van der Waals surface area contributed by atoms with E-state index in [0.29, 0.717) is 25.1 Å². The Morgan fingerprint density at radius 1 is 1.30 bits per heavy atom. The summed E-state index contributed by atoms with van der Waals surface area (Å²) in [5, 5.41) is 3.13. The van der Waals surface area contributed by atoms with Crippen molar-refractivity contribution < 1.29 is 23.0 Å². The van der Waals surface area contributed by atoms with Gasteiger partial charge in [-0.1, -0.05) is 6.07 Å². The van der Waals surface area contributed by atoms with E-state index in [1.165, 1.54) is 13.2 Å². The van der Waals surface area contributed by atoms with Gasteiger partial charge in [-0.25, -0.2) is 8.78 Å². The molecule has 0 amide bonds. The second-order valence-corrected chi connectivity index (χ2v) is 4.38. The molecular weight excluding hydrogens is 268 g/mol. The number of rotatable bonds is 8. The number of carbonyl (C=O) groups excluding carboxylic acids is 1. The molecule has 0 bridgehead atoms. The first kappa shape index (κ1) is 16.5. The van der Waals surface area contributed by atoms with Gasteiger partial charge in [-0.2, -0.15) is 0 Å². The van der Waals surface area contributed by atoms with Gasteiger partial charge in [0.05, 0.1) is 20.1 Å². The number of hydrogen-bond donors (Lipinski definition) is 1. The second-order valence-electron chi connectivity index (χ2n) is 4.38. The molecule has 112 valence electrons. The summed E-state index contributed by atoms with van der Waals surface area (Å²) in [5.41, 5.74) is 0.614. The summed E-state index contributed by atoms with van der Waals surface area (Å²) in [5.74, 6) is -2.13. The molecule has 6 heteroatoms. The van der Waals surface area contributed by atoms with Crippen LogP contribution in [-0.4, -0.2) is 39.4 Å². The van der Waals surface area contributed by atoms with E-state index >= 15 is 0 Å². The van der Waals surface area contributed by atoms with Gasteiger partial charge >= 0.3 is 5.97 Å². The number of esters is 1. The zero-order chi connectivity index (χ0) is 15.0. The van der Waals surface area contributed by atoms with Crippen LogP contribution in [0.2, 0.25) is 0 Å². The highest BCUT2D eigenvalue weighted by Gasteiger charge is 2.15. The lowest BCUT2D eigenvalue weighted by molar-refractivity contribution is -0.141. The molecular formula is C14H19F2NO3. The molecule has 20 heavy (non-hydrogen) atoms. The molecule has 0 aliphatic heterocycles. The van der Waals surface area contributed by atoms with Gasteiger partial charge in [-0.3, -0.25) is 4.79 Å². The average Bonchev–Trinajstić information content (AvgIpc) is 2.43. The van der Waals surface area contributed by atoms with E-state index in [9.17, 15) is 13.6 Å². The number of nitrogens with one attached hydrogen (secondary N) is 1. The van der Waals surface area contributed by atoms with Crippen molar-refractivity contribution in [3.05, 3.63) is 35.4 Å². The minimum atomic E-state index is -0.892. The first-order chi connectivity index (χ1) is 9.56. The van der Waals surface area contributed by atoms with E-state index in [-0.39, 0.29) is 18.4 Å². The van der Waals surface area contributed by atoms with E-state index in [0.717, 1.165) is 12.1 Å². The Bertz CT molecular complexity index is 440. The van der Waals surface area contributed by atoms with E-state index < -0.39 is 11.6 Å². The van der Waals surface area contributed by atoms with Crippen LogP contribution < -0.4 is 5.32 Å². The topological polar surface area (TPSA) is 47.6 Å². The van der Waals surface area contributed by atoms with Gasteiger partial charge in [0, 0.05) is 19.7 Å². The van der Waals surface area contributed by atoms with Crippen LogP contribution in [0.4, 0.5) is 8.78 Å². The van der Waals surface area contributed by atoms with Crippen molar-refractivity contribution >= 4 is 5.97 Å². The van der Waals surface area contributed by atoms with Gasteiger partial charge in [0.15, 0.2) is 11.6 Å². The van der Waals surface area contributed by atoms with Crippen LogP contribution in [-0.2, 0) is 20.7 Å². The highest BCUT2D eigenvalue weighted by atomic mass is 19.2. The summed E-state index contributed by atoms with van der Waals surface area (Å²) >= 11 is 0. The Labute approximate surface area is 117 Å². The van der Waals surface area contributed by atoms with Gasteiger partial charge in [-0.05, 0) is 24.1 Å². The average molecular weight is 287 g/mol. The smallest absolute Gasteiger partial charge is 0.307 e. The summed E-state index contributed by atoms with van der Waals surface area (Å²) in [6.07, 6.45) is 0.551. The number of methoxy groups -OCH3 is 2. The van der Waals surface area contributed by atoms with Crippen LogP contribution in [0.25, 0.3) is 0 Å². The lowest BCUT2D eigenvalue weighted by Crippen LogP contribution is -2.36. The fourth-order valence-electron chi connectivity index (χ4n) is 1.82. The monoisotopic (exact) mass is 287 g/mol. The number of hydrogen-bond acceptors (Lipinski definition) is 4. The summed E-state index contributed by atoms with van der Waals surface area (Å²) in [6.45, 7) is 1.05. The van der Waals surface area contributed by atoms with Gasteiger partial charge in [0.25, 0.3) is 0 Å². The quantitative estimate of drug-likeness (QED) is 0.584. The van der Waals surface area contributed by atoms with Crippen molar-refractivity contribution in [1.82, 2.24) is 5.32 Å². The molecule has 0 aliphatic rings. The summed E-state index contributed by atoms with van der Waals surface area (Å²) in [6, 6.07) is 3.50. The van der Waals surface area contributed by atoms with Gasteiger partial charge in [0.2, 0.25) is 0 Å². The molecule has 0 radical (unpaired) electrons. The maximum atomic E-state index is 13.2. The van der Waals surface area contributed by atoms with Crippen molar-refractivity contribution in [2.45, 2.75) is 18.9 Å². The maximum absolute atomic E-state index is 13.2. The maximum Gasteiger partial charge on any atom is 0.307 e. The Morgan fingerprint density at radius 2 is 2.05 bits per heavy atom. The van der Waals surface area contributed by atoms with Crippen molar-refractivity contribution in [2.75, 3.05) is 27.4 Å². The molecule has 0 aliphatic carbocycles. The highest BCUT2D eigenvalue weighted by Crippen LogP contribution is 2.12. The van der Waals surface area contributed by atoms with Crippen LogP contribution in [0.3, 0.4) is 0 Å². The molecule has 0 fully saturated rings. The Balaban J connectivity index is 2.66. The molecule has 0 spiro atoms. The number of benzene rings is 1.